The van der Waals surface area contributed by atoms with Gasteiger partial charge in [0, 0.05) is 29.3 Å². The van der Waals surface area contributed by atoms with Gasteiger partial charge in [-0.05, 0) is 51.8 Å². The second kappa shape index (κ2) is 8.16. The van der Waals surface area contributed by atoms with Gasteiger partial charge in [0.25, 0.3) is 11.6 Å². The van der Waals surface area contributed by atoms with Gasteiger partial charge in [-0.1, -0.05) is 31.7 Å². The summed E-state index contributed by atoms with van der Waals surface area (Å²) in [6.07, 6.45) is 9.71. The van der Waals surface area contributed by atoms with Gasteiger partial charge in [0.1, 0.15) is 0 Å². The molecule has 0 bridgehead atoms. The van der Waals surface area contributed by atoms with E-state index in [1.54, 1.807) is 19.1 Å². The number of nitro benzene ring substituents is 1. The van der Waals surface area contributed by atoms with Crippen LogP contribution in [0.4, 0.5) is 5.69 Å². The third-order valence-corrected chi connectivity index (χ3v) is 6.14. The number of nitro groups is 1. The second-order valence-corrected chi connectivity index (χ2v) is 7.72. The first-order valence-electron chi connectivity index (χ1n) is 9.81. The van der Waals surface area contributed by atoms with Crippen LogP contribution in [-0.4, -0.2) is 40.9 Å². The van der Waals surface area contributed by atoms with Gasteiger partial charge in [-0.2, -0.15) is 0 Å². The fourth-order valence-corrected chi connectivity index (χ4v) is 4.59. The molecule has 1 heterocycles. The fourth-order valence-electron chi connectivity index (χ4n) is 4.59. The molecule has 6 nitrogen and oxygen atoms in total. The molecule has 1 aromatic carbocycles. The van der Waals surface area contributed by atoms with Crippen LogP contribution in [0.15, 0.2) is 18.2 Å². The van der Waals surface area contributed by atoms with Crippen molar-refractivity contribution >= 4 is 11.6 Å². The van der Waals surface area contributed by atoms with Gasteiger partial charge in [-0.25, -0.2) is 0 Å². The molecule has 0 atom stereocenters. The molecule has 1 aliphatic heterocycles. The number of amides is 1. The van der Waals surface area contributed by atoms with E-state index in [1.165, 1.54) is 44.6 Å². The highest BCUT2D eigenvalue weighted by Gasteiger charge is 2.38. The monoisotopic (exact) mass is 359 g/mol. The van der Waals surface area contributed by atoms with E-state index in [9.17, 15) is 14.9 Å². The van der Waals surface area contributed by atoms with Gasteiger partial charge in [-0.15, -0.1) is 0 Å². The lowest BCUT2D eigenvalue weighted by Gasteiger charge is -2.48. The zero-order chi connectivity index (χ0) is 18.6. The molecule has 1 saturated carbocycles. The zero-order valence-corrected chi connectivity index (χ0v) is 15.6. The molecule has 1 aliphatic carbocycles. The normalized spacial score (nSPS) is 20.5. The van der Waals surface area contributed by atoms with Crippen molar-refractivity contribution in [2.24, 2.45) is 0 Å². The quantitative estimate of drug-likeness (QED) is 0.640. The Balaban J connectivity index is 1.74. The summed E-state index contributed by atoms with van der Waals surface area (Å²) in [6, 6.07) is 4.70. The van der Waals surface area contributed by atoms with Crippen LogP contribution in [0, 0.1) is 17.0 Å². The van der Waals surface area contributed by atoms with Crippen LogP contribution in [0.1, 0.15) is 67.3 Å². The Morgan fingerprint density at radius 1 is 1.15 bits per heavy atom. The number of carbonyl (C=O) groups excluding carboxylic acids is 1. The predicted molar refractivity (Wildman–Crippen MR) is 101 cm³/mol. The maximum Gasteiger partial charge on any atom is 0.273 e. The van der Waals surface area contributed by atoms with E-state index in [0.717, 1.165) is 25.9 Å². The van der Waals surface area contributed by atoms with E-state index in [1.807, 2.05) is 0 Å². The van der Waals surface area contributed by atoms with Gasteiger partial charge in [-0.3, -0.25) is 19.8 Å². The highest BCUT2D eigenvalue weighted by molar-refractivity contribution is 5.96. The molecule has 0 spiro atoms. The number of carbonyl (C=O) groups is 1. The van der Waals surface area contributed by atoms with E-state index >= 15 is 0 Å². The Bertz CT molecular complexity index is 662. The van der Waals surface area contributed by atoms with E-state index in [0.29, 0.717) is 17.7 Å². The summed E-state index contributed by atoms with van der Waals surface area (Å²) in [4.78, 5) is 26.0. The lowest BCUT2D eigenvalue weighted by Crippen LogP contribution is -2.58. The molecule has 26 heavy (non-hydrogen) atoms. The van der Waals surface area contributed by atoms with Gasteiger partial charge in [0.15, 0.2) is 0 Å². The fraction of sp³-hybridized carbons (Fsp3) is 0.650. The first-order chi connectivity index (χ1) is 12.5. The van der Waals surface area contributed by atoms with Crippen molar-refractivity contribution in [1.82, 2.24) is 10.2 Å². The maximum atomic E-state index is 12.8. The van der Waals surface area contributed by atoms with Crippen molar-refractivity contribution in [3.63, 3.8) is 0 Å². The first-order valence-corrected chi connectivity index (χ1v) is 9.81. The molecule has 1 amide bonds. The number of nitrogens with one attached hydrogen (secondary N) is 1. The number of likely N-dealkylation sites (tertiary alicyclic amines) is 1. The molecule has 1 N–H and O–H groups in total. The van der Waals surface area contributed by atoms with Crippen molar-refractivity contribution in [3.8, 4) is 0 Å². The lowest BCUT2D eigenvalue weighted by atomic mass is 9.79. The van der Waals surface area contributed by atoms with Crippen molar-refractivity contribution in [3.05, 3.63) is 39.4 Å². The van der Waals surface area contributed by atoms with Crippen molar-refractivity contribution in [2.45, 2.75) is 63.8 Å². The average molecular weight is 359 g/mol. The van der Waals surface area contributed by atoms with E-state index < -0.39 is 4.92 Å². The van der Waals surface area contributed by atoms with Crippen molar-refractivity contribution in [2.75, 3.05) is 19.6 Å². The summed E-state index contributed by atoms with van der Waals surface area (Å²) in [7, 11) is 0. The largest absolute Gasteiger partial charge is 0.350 e. The zero-order valence-electron chi connectivity index (χ0n) is 15.6. The maximum absolute atomic E-state index is 12.8. The minimum atomic E-state index is -0.428. The lowest BCUT2D eigenvalue weighted by molar-refractivity contribution is -0.385. The molecular formula is C20H29N3O3. The number of nitrogens with zero attached hydrogens (tertiary/aromatic N) is 2. The summed E-state index contributed by atoms with van der Waals surface area (Å²) in [5.41, 5.74) is 0.902. The Kier molecular flexibility index (Phi) is 5.91. The highest BCUT2D eigenvalue weighted by Crippen LogP contribution is 2.35. The topological polar surface area (TPSA) is 75.5 Å². The van der Waals surface area contributed by atoms with Crippen LogP contribution >= 0.6 is 0 Å². The van der Waals surface area contributed by atoms with Gasteiger partial charge in [0.05, 0.1) is 4.92 Å². The number of hydrogen-bond acceptors (Lipinski definition) is 4. The second-order valence-electron chi connectivity index (χ2n) is 7.72. The van der Waals surface area contributed by atoms with Crippen LogP contribution < -0.4 is 5.32 Å². The number of piperidine rings is 1. The Hall–Kier alpha value is -1.95. The summed E-state index contributed by atoms with van der Waals surface area (Å²) in [5.74, 6) is -0.201. The third kappa shape index (κ3) is 3.90. The minimum absolute atomic E-state index is 0.000982. The molecular weight excluding hydrogens is 330 g/mol. The third-order valence-electron chi connectivity index (χ3n) is 6.14. The van der Waals surface area contributed by atoms with Crippen molar-refractivity contribution < 1.29 is 9.72 Å². The molecule has 0 aromatic heterocycles. The van der Waals surface area contributed by atoms with Gasteiger partial charge < -0.3 is 5.32 Å². The first kappa shape index (κ1) is 18.8. The van der Waals surface area contributed by atoms with Crippen LogP contribution in [-0.2, 0) is 0 Å². The van der Waals surface area contributed by atoms with Crippen molar-refractivity contribution in [1.29, 1.82) is 0 Å². The minimum Gasteiger partial charge on any atom is -0.350 e. The SMILES string of the molecule is Cc1c(C(=O)NCC2(N3CCCCC3)CCCCC2)cccc1[N+](=O)[O-]. The van der Waals surface area contributed by atoms with Gasteiger partial charge >= 0.3 is 0 Å². The number of hydrogen-bond donors (Lipinski definition) is 1. The summed E-state index contributed by atoms with van der Waals surface area (Å²) >= 11 is 0. The summed E-state index contributed by atoms with van der Waals surface area (Å²) < 4.78 is 0. The molecule has 2 fully saturated rings. The molecule has 1 saturated heterocycles. The summed E-state index contributed by atoms with van der Waals surface area (Å²) in [6.45, 7) is 4.51. The Morgan fingerprint density at radius 3 is 2.46 bits per heavy atom. The molecule has 0 radical (unpaired) electrons. The summed E-state index contributed by atoms with van der Waals surface area (Å²) in [5, 5.41) is 14.2. The standard InChI is InChI=1S/C20H29N3O3/c1-16-17(9-8-10-18(16)23(25)26)19(24)21-15-20(11-4-2-5-12-20)22-13-6-3-7-14-22/h8-10H,2-7,11-15H2,1H3,(H,21,24). The van der Waals surface area contributed by atoms with E-state index in [4.69, 9.17) is 0 Å². The molecule has 3 rings (SSSR count). The molecule has 1 aromatic rings. The molecule has 2 aliphatic rings. The number of rotatable bonds is 5. The highest BCUT2D eigenvalue weighted by atomic mass is 16.6. The van der Waals surface area contributed by atoms with E-state index in [2.05, 4.69) is 10.2 Å². The Labute approximate surface area is 155 Å². The average Bonchev–Trinajstić information content (AvgIpc) is 2.67. The Morgan fingerprint density at radius 2 is 1.81 bits per heavy atom. The predicted octanol–water partition coefficient (Wildman–Crippen LogP) is 3.82. The van der Waals surface area contributed by atoms with Gasteiger partial charge in [0.2, 0.25) is 0 Å². The molecule has 0 unspecified atom stereocenters. The number of benzene rings is 1. The van der Waals surface area contributed by atoms with Crippen LogP contribution in [0.25, 0.3) is 0 Å². The van der Waals surface area contributed by atoms with Crippen LogP contribution in [0.2, 0.25) is 0 Å². The van der Waals surface area contributed by atoms with Crippen LogP contribution in [0.3, 0.4) is 0 Å². The molecule has 6 heteroatoms. The molecule has 142 valence electrons. The van der Waals surface area contributed by atoms with Crippen LogP contribution in [0.5, 0.6) is 0 Å². The smallest absolute Gasteiger partial charge is 0.273 e. The van der Waals surface area contributed by atoms with E-state index in [-0.39, 0.29) is 17.1 Å².